The molecular formula is C28H44N4O2. The second kappa shape index (κ2) is 12.3. The summed E-state index contributed by atoms with van der Waals surface area (Å²) < 4.78 is 11.8. The molecule has 0 saturated carbocycles. The van der Waals surface area contributed by atoms with Crippen molar-refractivity contribution in [3.63, 3.8) is 0 Å². The fourth-order valence-electron chi connectivity index (χ4n) is 5.59. The topological polar surface area (TPSA) is 63.4 Å². The van der Waals surface area contributed by atoms with Crippen molar-refractivity contribution in [3.05, 3.63) is 35.7 Å². The predicted octanol–water partition coefficient (Wildman–Crippen LogP) is 5.72. The summed E-state index contributed by atoms with van der Waals surface area (Å²) in [5.74, 6) is 1.81. The zero-order valence-electron chi connectivity index (χ0n) is 21.5. The zero-order valence-corrected chi connectivity index (χ0v) is 21.5. The van der Waals surface area contributed by atoms with Gasteiger partial charge >= 0.3 is 0 Å². The van der Waals surface area contributed by atoms with Gasteiger partial charge in [0.2, 0.25) is 11.8 Å². The first-order valence-corrected chi connectivity index (χ1v) is 13.6. The highest BCUT2D eigenvalue weighted by molar-refractivity contribution is 5.59. The molecule has 1 spiro atoms. The van der Waals surface area contributed by atoms with Gasteiger partial charge in [-0.3, -0.25) is 4.90 Å². The highest BCUT2D eigenvalue weighted by Gasteiger charge is 2.47. The molecule has 4 heterocycles. The van der Waals surface area contributed by atoms with Crippen molar-refractivity contribution >= 4 is 0 Å². The average Bonchev–Trinajstić information content (AvgIpc) is 3.50. The Kier molecular flexibility index (Phi) is 9.15. The molecule has 5 rings (SSSR count). The van der Waals surface area contributed by atoms with Crippen LogP contribution in [0.2, 0.25) is 0 Å². The first-order valence-electron chi connectivity index (χ1n) is 13.6. The minimum atomic E-state index is 0.143. The summed E-state index contributed by atoms with van der Waals surface area (Å²) in [6.07, 6.45) is 12.0. The maximum absolute atomic E-state index is 6.10. The van der Waals surface area contributed by atoms with Crippen molar-refractivity contribution in [2.75, 3.05) is 32.8 Å². The van der Waals surface area contributed by atoms with E-state index in [1.165, 1.54) is 63.4 Å². The van der Waals surface area contributed by atoms with E-state index in [1.807, 2.05) is 6.92 Å². The Morgan fingerprint density at radius 3 is 2.26 bits per heavy atom. The van der Waals surface area contributed by atoms with Crippen molar-refractivity contribution in [3.8, 4) is 11.5 Å². The zero-order chi connectivity index (χ0) is 23.8. The summed E-state index contributed by atoms with van der Waals surface area (Å²) in [5, 5.41) is 11.6. The largest absolute Gasteiger partial charge is 0.421 e. The molecular weight excluding hydrogens is 424 g/mol. The number of rotatable bonds is 8. The van der Waals surface area contributed by atoms with Crippen LogP contribution in [0.1, 0.15) is 89.0 Å². The van der Waals surface area contributed by atoms with Crippen molar-refractivity contribution < 1.29 is 9.15 Å². The molecule has 3 aliphatic rings. The van der Waals surface area contributed by atoms with Crippen LogP contribution in [0.3, 0.4) is 0 Å². The minimum Gasteiger partial charge on any atom is -0.421 e. The molecule has 1 N–H and O–H groups in total. The fraction of sp³-hybridized carbons (Fsp3) is 0.714. The number of likely N-dealkylation sites (tertiary alicyclic amines) is 1. The summed E-state index contributed by atoms with van der Waals surface area (Å²) in [5.41, 5.74) is 2.58. The molecule has 2 aromatic rings. The molecule has 0 amide bonds. The quantitative estimate of drug-likeness (QED) is 0.500. The molecule has 34 heavy (non-hydrogen) atoms. The first-order chi connectivity index (χ1) is 16.6. The predicted molar refractivity (Wildman–Crippen MR) is 137 cm³/mol. The maximum Gasteiger partial charge on any atom is 0.248 e. The number of aromatic nitrogens is 2. The van der Waals surface area contributed by atoms with Gasteiger partial charge in [0.15, 0.2) is 0 Å². The molecule has 3 fully saturated rings. The third kappa shape index (κ3) is 6.27. The van der Waals surface area contributed by atoms with Gasteiger partial charge in [-0.05, 0) is 49.9 Å². The Balaban J connectivity index is 0.000000297. The van der Waals surface area contributed by atoms with Gasteiger partial charge in [-0.1, -0.05) is 70.6 Å². The summed E-state index contributed by atoms with van der Waals surface area (Å²) in [7, 11) is 0. The number of unbranched alkanes of at least 4 members (excludes halogenated alkanes) is 5. The second-order valence-electron chi connectivity index (χ2n) is 10.4. The lowest BCUT2D eigenvalue weighted by molar-refractivity contribution is -0.0367. The third-order valence-corrected chi connectivity index (χ3v) is 7.74. The molecule has 6 nitrogen and oxygen atoms in total. The molecule has 0 bridgehead atoms. The summed E-state index contributed by atoms with van der Waals surface area (Å²) in [6, 6.07) is 9.09. The van der Waals surface area contributed by atoms with Gasteiger partial charge in [0.1, 0.15) is 0 Å². The lowest BCUT2D eigenvalue weighted by Gasteiger charge is -2.40. The number of piperidine rings is 1. The van der Waals surface area contributed by atoms with Gasteiger partial charge in [0.25, 0.3) is 0 Å². The van der Waals surface area contributed by atoms with Crippen LogP contribution in [0.25, 0.3) is 11.5 Å². The Morgan fingerprint density at radius 1 is 1.00 bits per heavy atom. The normalized spacial score (nSPS) is 22.4. The second-order valence-corrected chi connectivity index (χ2v) is 10.4. The van der Waals surface area contributed by atoms with E-state index in [0.717, 1.165) is 38.3 Å². The van der Waals surface area contributed by atoms with E-state index >= 15 is 0 Å². The van der Waals surface area contributed by atoms with Crippen molar-refractivity contribution in [2.45, 2.75) is 96.1 Å². The van der Waals surface area contributed by atoms with Crippen LogP contribution in [0, 0.1) is 6.92 Å². The molecule has 0 radical (unpaired) electrons. The summed E-state index contributed by atoms with van der Waals surface area (Å²) in [4.78, 5) is 2.64. The molecule has 1 unspecified atom stereocenters. The van der Waals surface area contributed by atoms with Crippen molar-refractivity contribution in [1.29, 1.82) is 0 Å². The Hall–Kier alpha value is -1.76. The number of nitrogens with zero attached hydrogens (tertiary/aromatic N) is 3. The monoisotopic (exact) mass is 468 g/mol. The molecule has 188 valence electrons. The van der Waals surface area contributed by atoms with Crippen LogP contribution < -0.4 is 5.32 Å². The van der Waals surface area contributed by atoms with E-state index in [9.17, 15) is 0 Å². The van der Waals surface area contributed by atoms with Crippen molar-refractivity contribution in [2.24, 2.45) is 0 Å². The van der Waals surface area contributed by atoms with Crippen LogP contribution in [0.5, 0.6) is 0 Å². The molecule has 1 atom stereocenters. The molecule has 6 heteroatoms. The van der Waals surface area contributed by atoms with Gasteiger partial charge in [-0.15, -0.1) is 10.2 Å². The Labute approximate surface area is 205 Å². The number of benzene rings is 1. The molecule has 3 aliphatic heterocycles. The SMILES string of the molecule is CCCCCCCC.Cc1nnc(-c2ccccc2C2CCN(C3COC4(CNC4)C3)CC2)o1. The maximum atomic E-state index is 6.10. The molecule has 0 aliphatic carbocycles. The summed E-state index contributed by atoms with van der Waals surface area (Å²) in [6.45, 7) is 11.6. The summed E-state index contributed by atoms with van der Waals surface area (Å²) >= 11 is 0. The Morgan fingerprint density at radius 2 is 1.71 bits per heavy atom. The van der Waals surface area contributed by atoms with E-state index in [1.54, 1.807) is 0 Å². The minimum absolute atomic E-state index is 0.143. The van der Waals surface area contributed by atoms with Crippen molar-refractivity contribution in [1.82, 2.24) is 20.4 Å². The van der Waals surface area contributed by atoms with E-state index in [0.29, 0.717) is 23.7 Å². The number of aryl methyl sites for hydroxylation is 1. The fourth-order valence-corrected chi connectivity index (χ4v) is 5.59. The third-order valence-electron chi connectivity index (χ3n) is 7.74. The van der Waals surface area contributed by atoms with Crippen LogP contribution >= 0.6 is 0 Å². The number of hydrogen-bond acceptors (Lipinski definition) is 6. The molecule has 1 aromatic carbocycles. The molecule has 1 aromatic heterocycles. The standard InChI is InChI=1S/C20H26N4O2.C8H18/c1-14-22-23-19(26-14)18-5-3-2-4-17(18)15-6-8-24(9-7-15)16-10-20(25-11-16)12-21-13-20;1-3-5-7-8-6-4-2/h2-5,15-16,21H,6-13H2,1H3;3-8H2,1-2H3. The first kappa shape index (κ1) is 25.3. The van der Waals surface area contributed by atoms with Gasteiger partial charge in [-0.2, -0.15) is 0 Å². The van der Waals surface area contributed by atoms with Gasteiger partial charge in [0, 0.05) is 31.6 Å². The lowest BCUT2D eigenvalue weighted by Crippen LogP contribution is -2.59. The van der Waals surface area contributed by atoms with E-state index in [2.05, 4.69) is 58.5 Å². The van der Waals surface area contributed by atoms with Crippen LogP contribution in [-0.4, -0.2) is 59.5 Å². The van der Waals surface area contributed by atoms with E-state index in [4.69, 9.17) is 9.15 Å². The average molecular weight is 469 g/mol. The van der Waals surface area contributed by atoms with Gasteiger partial charge < -0.3 is 14.5 Å². The number of hydrogen-bond donors (Lipinski definition) is 1. The smallest absolute Gasteiger partial charge is 0.248 e. The number of nitrogens with one attached hydrogen (secondary N) is 1. The van der Waals surface area contributed by atoms with E-state index < -0.39 is 0 Å². The van der Waals surface area contributed by atoms with Crippen LogP contribution in [-0.2, 0) is 4.74 Å². The van der Waals surface area contributed by atoms with Gasteiger partial charge in [-0.25, -0.2) is 0 Å². The van der Waals surface area contributed by atoms with Gasteiger partial charge in [0.05, 0.1) is 12.2 Å². The van der Waals surface area contributed by atoms with Crippen LogP contribution in [0.4, 0.5) is 0 Å². The highest BCUT2D eigenvalue weighted by Crippen LogP contribution is 2.38. The highest BCUT2D eigenvalue weighted by atomic mass is 16.5. The lowest BCUT2D eigenvalue weighted by atomic mass is 9.85. The van der Waals surface area contributed by atoms with E-state index in [-0.39, 0.29) is 5.60 Å². The molecule has 3 saturated heterocycles. The number of ether oxygens (including phenoxy) is 1. The van der Waals surface area contributed by atoms with Crippen LogP contribution in [0.15, 0.2) is 28.7 Å². The Bertz CT molecular complexity index is 865.